The van der Waals surface area contributed by atoms with E-state index in [2.05, 4.69) is 5.32 Å². The van der Waals surface area contributed by atoms with Crippen LogP contribution in [0.4, 0.5) is 24.5 Å². The van der Waals surface area contributed by atoms with E-state index in [1.165, 1.54) is 6.07 Å². The Morgan fingerprint density at radius 2 is 1.84 bits per heavy atom. The highest BCUT2D eigenvalue weighted by Crippen LogP contribution is 2.36. The largest absolute Gasteiger partial charge is 0.496 e. The summed E-state index contributed by atoms with van der Waals surface area (Å²) in [7, 11) is 3.37. The Hall–Kier alpha value is -2.74. The maximum absolute atomic E-state index is 13.3. The van der Waals surface area contributed by atoms with E-state index < -0.39 is 11.7 Å². The number of ether oxygens (including phenoxy) is 1. The summed E-state index contributed by atoms with van der Waals surface area (Å²) in [6, 6.07) is 11.1. The molecule has 8 heteroatoms. The van der Waals surface area contributed by atoms with Gasteiger partial charge in [-0.05, 0) is 50.6 Å². The first-order chi connectivity index (χ1) is 14.8. The summed E-state index contributed by atoms with van der Waals surface area (Å²) < 4.78 is 45.1. The first-order valence-corrected chi connectivity index (χ1v) is 10.3. The molecule has 168 valence electrons. The van der Waals surface area contributed by atoms with Crippen LogP contribution < -0.4 is 15.0 Å². The Bertz CT molecular complexity index is 896. The molecule has 31 heavy (non-hydrogen) atoms. The zero-order valence-electron chi connectivity index (χ0n) is 17.8. The number of nitrogens with one attached hydrogen (secondary N) is 1. The van der Waals surface area contributed by atoms with E-state index in [0.29, 0.717) is 12.2 Å². The number of amides is 1. The van der Waals surface area contributed by atoms with Gasteiger partial charge in [0.15, 0.2) is 0 Å². The fourth-order valence-electron chi connectivity index (χ4n) is 3.84. The average molecular weight is 435 g/mol. The summed E-state index contributed by atoms with van der Waals surface area (Å²) in [4.78, 5) is 16.5. The third-order valence-corrected chi connectivity index (χ3v) is 5.34. The molecule has 1 saturated heterocycles. The normalized spacial score (nSPS) is 14.6. The molecule has 1 aliphatic heterocycles. The fraction of sp³-hybridized carbons (Fsp3) is 0.435. The molecule has 0 radical (unpaired) electrons. The van der Waals surface area contributed by atoms with Gasteiger partial charge in [-0.1, -0.05) is 18.2 Å². The van der Waals surface area contributed by atoms with Crippen molar-refractivity contribution in [2.24, 2.45) is 0 Å². The number of hydrogen-bond donors (Lipinski definition) is 1. The molecule has 0 saturated carbocycles. The molecular weight excluding hydrogens is 407 g/mol. The molecule has 2 aromatic carbocycles. The third-order valence-electron chi connectivity index (χ3n) is 5.34. The summed E-state index contributed by atoms with van der Waals surface area (Å²) in [6.45, 7) is 2.04. The molecule has 1 amide bonds. The zero-order chi connectivity index (χ0) is 22.4. The highest BCUT2D eigenvalue weighted by atomic mass is 19.4. The first-order valence-electron chi connectivity index (χ1n) is 10.3. The van der Waals surface area contributed by atoms with Crippen LogP contribution in [0, 0.1) is 0 Å². The van der Waals surface area contributed by atoms with Gasteiger partial charge in [0.25, 0.3) is 0 Å². The lowest BCUT2D eigenvalue weighted by molar-refractivity contribution is -0.137. The molecule has 0 atom stereocenters. The number of piperidine rings is 1. The molecular formula is C23H28F3N3O2. The molecule has 5 nitrogen and oxygen atoms in total. The third kappa shape index (κ3) is 6.13. The Kier molecular flexibility index (Phi) is 7.43. The molecule has 1 fully saturated rings. The van der Waals surface area contributed by atoms with E-state index in [4.69, 9.17) is 4.74 Å². The van der Waals surface area contributed by atoms with Crippen molar-refractivity contribution < 1.29 is 22.7 Å². The number of alkyl halides is 3. The minimum atomic E-state index is -4.47. The standard InChI is InChI=1S/C23H28F3N3O2/c1-28(15-17-8-4-5-9-21(17)31-2)16-22(30)27-19-14-18(23(24,25)26)10-11-20(19)29-12-6-3-7-13-29/h4-5,8-11,14H,3,6-7,12-13,15-16H2,1-2H3,(H,27,30). The van der Waals surface area contributed by atoms with Crippen molar-refractivity contribution in [3.8, 4) is 5.75 Å². The van der Waals surface area contributed by atoms with Crippen LogP contribution in [0.2, 0.25) is 0 Å². The lowest BCUT2D eigenvalue weighted by Gasteiger charge is -2.31. The number of carbonyl (C=O) groups is 1. The smallest absolute Gasteiger partial charge is 0.416 e. The SMILES string of the molecule is COc1ccccc1CN(C)CC(=O)Nc1cc(C(F)(F)F)ccc1N1CCCCC1. The summed E-state index contributed by atoms with van der Waals surface area (Å²) in [6.07, 6.45) is -1.40. The van der Waals surface area contributed by atoms with Crippen molar-refractivity contribution in [1.82, 2.24) is 4.90 Å². The number of hydrogen-bond acceptors (Lipinski definition) is 4. The van der Waals surface area contributed by atoms with Crippen LogP contribution in [0.25, 0.3) is 0 Å². The number of rotatable bonds is 7. The fourth-order valence-corrected chi connectivity index (χ4v) is 3.84. The maximum atomic E-state index is 13.3. The van der Waals surface area contributed by atoms with Crippen molar-refractivity contribution in [1.29, 1.82) is 0 Å². The van der Waals surface area contributed by atoms with Gasteiger partial charge < -0.3 is 15.0 Å². The summed E-state index contributed by atoms with van der Waals surface area (Å²) >= 11 is 0. The second-order valence-electron chi connectivity index (χ2n) is 7.81. The predicted octanol–water partition coefficient (Wildman–Crippen LogP) is 4.77. The summed E-state index contributed by atoms with van der Waals surface area (Å²) in [5, 5.41) is 2.71. The topological polar surface area (TPSA) is 44.8 Å². The van der Waals surface area contributed by atoms with Crippen LogP contribution in [0.15, 0.2) is 42.5 Å². The van der Waals surface area contributed by atoms with Gasteiger partial charge in [0.2, 0.25) is 5.91 Å². The van der Waals surface area contributed by atoms with Gasteiger partial charge in [0.1, 0.15) is 5.75 Å². The molecule has 1 aliphatic rings. The number of halogens is 3. The van der Waals surface area contributed by atoms with E-state index in [-0.39, 0.29) is 18.1 Å². The molecule has 1 N–H and O–H groups in total. The molecule has 1 heterocycles. The number of para-hydroxylation sites is 1. The van der Waals surface area contributed by atoms with Crippen molar-refractivity contribution >= 4 is 17.3 Å². The Balaban J connectivity index is 1.73. The number of anilines is 2. The van der Waals surface area contributed by atoms with Crippen LogP contribution in [0.3, 0.4) is 0 Å². The van der Waals surface area contributed by atoms with Crippen LogP contribution in [-0.2, 0) is 17.5 Å². The highest BCUT2D eigenvalue weighted by molar-refractivity contribution is 5.95. The van der Waals surface area contributed by atoms with Crippen LogP contribution in [0.1, 0.15) is 30.4 Å². The molecule has 0 aliphatic carbocycles. The Morgan fingerprint density at radius 1 is 1.13 bits per heavy atom. The van der Waals surface area contributed by atoms with Gasteiger partial charge in [-0.15, -0.1) is 0 Å². The molecule has 2 aromatic rings. The van der Waals surface area contributed by atoms with E-state index in [0.717, 1.165) is 55.8 Å². The Morgan fingerprint density at radius 3 is 2.52 bits per heavy atom. The number of nitrogens with zero attached hydrogens (tertiary/aromatic N) is 2. The Labute approximate surface area is 180 Å². The van der Waals surface area contributed by atoms with Crippen LogP contribution in [-0.4, -0.2) is 44.6 Å². The van der Waals surface area contributed by atoms with Crippen molar-refractivity contribution in [2.75, 3.05) is 44.0 Å². The minimum Gasteiger partial charge on any atom is -0.496 e. The lowest BCUT2D eigenvalue weighted by atomic mass is 10.1. The quantitative estimate of drug-likeness (QED) is 0.680. The minimum absolute atomic E-state index is 0.0355. The first kappa shape index (κ1) is 22.9. The molecule has 0 bridgehead atoms. The predicted molar refractivity (Wildman–Crippen MR) is 115 cm³/mol. The van der Waals surface area contributed by atoms with Crippen molar-refractivity contribution in [3.05, 3.63) is 53.6 Å². The number of carbonyl (C=O) groups excluding carboxylic acids is 1. The van der Waals surface area contributed by atoms with Gasteiger partial charge in [-0.2, -0.15) is 13.2 Å². The summed E-state index contributed by atoms with van der Waals surface area (Å²) in [5.74, 6) is 0.356. The van der Waals surface area contributed by atoms with E-state index >= 15 is 0 Å². The van der Waals surface area contributed by atoms with Crippen LogP contribution >= 0.6 is 0 Å². The lowest BCUT2D eigenvalue weighted by Crippen LogP contribution is -2.33. The number of methoxy groups -OCH3 is 1. The monoisotopic (exact) mass is 435 g/mol. The molecule has 0 spiro atoms. The second kappa shape index (κ2) is 10.0. The van der Waals surface area contributed by atoms with E-state index in [1.807, 2.05) is 29.2 Å². The average Bonchev–Trinajstić information content (AvgIpc) is 2.74. The molecule has 3 rings (SSSR count). The van der Waals surface area contributed by atoms with Gasteiger partial charge in [-0.3, -0.25) is 9.69 Å². The zero-order valence-corrected chi connectivity index (χ0v) is 17.8. The molecule has 0 aromatic heterocycles. The van der Waals surface area contributed by atoms with Gasteiger partial charge in [0, 0.05) is 25.2 Å². The van der Waals surface area contributed by atoms with E-state index in [1.54, 1.807) is 19.1 Å². The van der Waals surface area contributed by atoms with Gasteiger partial charge >= 0.3 is 6.18 Å². The maximum Gasteiger partial charge on any atom is 0.416 e. The van der Waals surface area contributed by atoms with Crippen molar-refractivity contribution in [3.63, 3.8) is 0 Å². The molecule has 0 unspecified atom stereocenters. The second-order valence-corrected chi connectivity index (χ2v) is 7.81. The highest BCUT2D eigenvalue weighted by Gasteiger charge is 2.32. The van der Waals surface area contributed by atoms with Gasteiger partial charge in [0.05, 0.1) is 30.6 Å². The summed E-state index contributed by atoms with van der Waals surface area (Å²) in [5.41, 5.74) is 0.986. The van der Waals surface area contributed by atoms with Crippen molar-refractivity contribution in [2.45, 2.75) is 32.0 Å². The van der Waals surface area contributed by atoms with Crippen LogP contribution in [0.5, 0.6) is 5.75 Å². The number of benzene rings is 2. The van der Waals surface area contributed by atoms with Gasteiger partial charge in [-0.25, -0.2) is 0 Å². The number of likely N-dealkylation sites (N-methyl/N-ethyl adjacent to an activating group) is 1. The van der Waals surface area contributed by atoms with E-state index in [9.17, 15) is 18.0 Å².